The number of amides is 1. The van der Waals surface area contributed by atoms with Crippen molar-refractivity contribution in [1.29, 1.82) is 0 Å². The number of hydrogen-bond acceptors (Lipinski definition) is 5. The molecule has 1 aliphatic heterocycles. The lowest BCUT2D eigenvalue weighted by Gasteiger charge is -2.31. The Labute approximate surface area is 158 Å². The Bertz CT molecular complexity index is 894. The highest BCUT2D eigenvalue weighted by molar-refractivity contribution is 5.78. The minimum absolute atomic E-state index is 0.100. The van der Waals surface area contributed by atoms with Crippen LogP contribution < -0.4 is 0 Å². The molecular formula is C20H23N5O2. The van der Waals surface area contributed by atoms with Crippen molar-refractivity contribution >= 4 is 5.91 Å². The van der Waals surface area contributed by atoms with Gasteiger partial charge in [0.05, 0.1) is 18.7 Å². The predicted octanol–water partition coefficient (Wildman–Crippen LogP) is 2.57. The van der Waals surface area contributed by atoms with E-state index in [-0.39, 0.29) is 12.3 Å². The van der Waals surface area contributed by atoms with E-state index >= 15 is 0 Å². The normalized spacial score (nSPS) is 15.2. The molecule has 1 aliphatic rings. The van der Waals surface area contributed by atoms with Crippen molar-refractivity contribution in [2.45, 2.75) is 38.6 Å². The molecule has 3 aromatic heterocycles. The van der Waals surface area contributed by atoms with E-state index in [1.807, 2.05) is 42.5 Å². The van der Waals surface area contributed by atoms with Crippen molar-refractivity contribution in [1.82, 2.24) is 24.6 Å². The van der Waals surface area contributed by atoms with E-state index in [0.29, 0.717) is 11.7 Å². The number of likely N-dealkylation sites (tertiary alicyclic amines) is 1. The molecule has 1 fully saturated rings. The summed E-state index contributed by atoms with van der Waals surface area (Å²) in [5.74, 6) is 2.19. The molecule has 3 aromatic rings. The molecule has 0 atom stereocenters. The zero-order chi connectivity index (χ0) is 18.6. The van der Waals surface area contributed by atoms with E-state index in [1.54, 1.807) is 6.20 Å². The Hall–Kier alpha value is -2.96. The summed E-state index contributed by atoms with van der Waals surface area (Å²) in [4.78, 5) is 23.2. The van der Waals surface area contributed by atoms with Crippen molar-refractivity contribution in [3.05, 3.63) is 65.8 Å². The lowest BCUT2D eigenvalue weighted by molar-refractivity contribution is -0.131. The van der Waals surface area contributed by atoms with Crippen LogP contribution in [0.25, 0.3) is 0 Å². The second-order valence-electron chi connectivity index (χ2n) is 7.04. The maximum absolute atomic E-state index is 12.5. The lowest BCUT2D eigenvalue weighted by Crippen LogP contribution is -2.39. The van der Waals surface area contributed by atoms with Crippen molar-refractivity contribution < 1.29 is 9.32 Å². The molecule has 4 rings (SSSR count). The summed E-state index contributed by atoms with van der Waals surface area (Å²) in [6.07, 6.45) is 9.67. The first-order chi connectivity index (χ1) is 13.2. The first-order valence-corrected chi connectivity index (χ1v) is 9.29. The van der Waals surface area contributed by atoms with Crippen LogP contribution in [0, 0.1) is 6.92 Å². The zero-order valence-electron chi connectivity index (χ0n) is 15.4. The number of aromatic nitrogens is 4. The maximum Gasteiger partial charge on any atom is 0.230 e. The molecule has 4 heterocycles. The van der Waals surface area contributed by atoms with Gasteiger partial charge in [-0.15, -0.1) is 0 Å². The fourth-order valence-corrected chi connectivity index (χ4v) is 3.65. The quantitative estimate of drug-likeness (QED) is 0.694. The number of pyridine rings is 1. The third-order valence-corrected chi connectivity index (χ3v) is 5.04. The monoisotopic (exact) mass is 365 g/mol. The molecule has 27 heavy (non-hydrogen) atoms. The van der Waals surface area contributed by atoms with Gasteiger partial charge in [-0.3, -0.25) is 9.78 Å². The number of aryl methyl sites for hydroxylation is 1. The average Bonchev–Trinajstić information content (AvgIpc) is 3.31. The van der Waals surface area contributed by atoms with Crippen LogP contribution in [0.4, 0.5) is 0 Å². The van der Waals surface area contributed by atoms with Gasteiger partial charge in [0.25, 0.3) is 0 Å². The van der Waals surface area contributed by atoms with Gasteiger partial charge in [0, 0.05) is 49.9 Å². The van der Waals surface area contributed by atoms with Crippen molar-refractivity contribution in [2.75, 3.05) is 13.1 Å². The maximum atomic E-state index is 12.5. The van der Waals surface area contributed by atoms with Gasteiger partial charge >= 0.3 is 0 Å². The Morgan fingerprint density at radius 1 is 1.30 bits per heavy atom. The predicted molar refractivity (Wildman–Crippen MR) is 99.1 cm³/mol. The van der Waals surface area contributed by atoms with E-state index in [4.69, 9.17) is 4.52 Å². The van der Waals surface area contributed by atoms with Gasteiger partial charge in [-0.2, -0.15) is 0 Å². The van der Waals surface area contributed by atoms with E-state index in [9.17, 15) is 4.79 Å². The molecule has 0 unspecified atom stereocenters. The Balaban J connectivity index is 1.35. The Kier molecular flexibility index (Phi) is 5.00. The molecule has 7 nitrogen and oxygen atoms in total. The molecule has 0 saturated carbocycles. The highest BCUT2D eigenvalue weighted by atomic mass is 16.5. The number of hydrogen-bond donors (Lipinski definition) is 0. The van der Waals surface area contributed by atoms with Crippen LogP contribution in [0.3, 0.4) is 0 Å². The van der Waals surface area contributed by atoms with Crippen molar-refractivity contribution in [2.24, 2.45) is 0 Å². The topological polar surface area (TPSA) is 77.0 Å². The summed E-state index contributed by atoms with van der Waals surface area (Å²) in [7, 11) is 0. The third-order valence-electron chi connectivity index (χ3n) is 5.04. The summed E-state index contributed by atoms with van der Waals surface area (Å²) in [5.41, 5.74) is 1.96. The molecule has 0 spiro atoms. The largest absolute Gasteiger partial charge is 0.361 e. The lowest BCUT2D eigenvalue weighted by atomic mass is 9.95. The van der Waals surface area contributed by atoms with E-state index in [0.717, 1.165) is 49.6 Å². The van der Waals surface area contributed by atoms with Crippen molar-refractivity contribution in [3.8, 4) is 0 Å². The van der Waals surface area contributed by atoms with Gasteiger partial charge in [0.15, 0.2) is 0 Å². The van der Waals surface area contributed by atoms with Crippen LogP contribution in [0.5, 0.6) is 0 Å². The smallest absolute Gasteiger partial charge is 0.230 e. The number of carbonyl (C=O) groups is 1. The summed E-state index contributed by atoms with van der Waals surface area (Å²) >= 11 is 0. The van der Waals surface area contributed by atoms with Crippen LogP contribution in [0.15, 0.2) is 47.5 Å². The summed E-state index contributed by atoms with van der Waals surface area (Å²) in [6.45, 7) is 4.12. The Morgan fingerprint density at radius 2 is 2.15 bits per heavy atom. The zero-order valence-corrected chi connectivity index (χ0v) is 15.4. The van der Waals surface area contributed by atoms with Gasteiger partial charge in [0.1, 0.15) is 11.6 Å². The minimum atomic E-state index is 0.100. The highest BCUT2D eigenvalue weighted by Gasteiger charge is 2.27. The molecule has 1 amide bonds. The SMILES string of the molecule is Cc1cc(CC(=O)N2CCC(c3nccn3Cc3cccnc3)CC2)on1. The van der Waals surface area contributed by atoms with E-state index in [1.165, 1.54) is 0 Å². The average molecular weight is 365 g/mol. The first-order valence-electron chi connectivity index (χ1n) is 9.29. The first kappa shape index (κ1) is 17.5. The van der Waals surface area contributed by atoms with Gasteiger partial charge in [-0.25, -0.2) is 4.98 Å². The fraction of sp³-hybridized carbons (Fsp3) is 0.400. The van der Waals surface area contributed by atoms with E-state index < -0.39 is 0 Å². The number of nitrogens with zero attached hydrogens (tertiary/aromatic N) is 5. The highest BCUT2D eigenvalue weighted by Crippen LogP contribution is 2.27. The summed E-state index contributed by atoms with van der Waals surface area (Å²) in [6, 6.07) is 5.84. The van der Waals surface area contributed by atoms with E-state index in [2.05, 4.69) is 25.8 Å². The molecular weight excluding hydrogens is 342 g/mol. The van der Waals surface area contributed by atoms with Crippen LogP contribution in [0.2, 0.25) is 0 Å². The molecule has 0 aliphatic carbocycles. The molecule has 7 heteroatoms. The standard InChI is InChI=1S/C20H23N5O2/c1-15-11-18(27-23-15)12-19(26)24-8-4-17(5-9-24)20-22-7-10-25(20)14-16-3-2-6-21-13-16/h2-3,6-7,10-11,13,17H,4-5,8-9,12,14H2,1H3. The van der Waals surface area contributed by atoms with Gasteiger partial charge in [-0.05, 0) is 31.4 Å². The second-order valence-corrected chi connectivity index (χ2v) is 7.04. The minimum Gasteiger partial charge on any atom is -0.361 e. The number of carbonyl (C=O) groups excluding carboxylic acids is 1. The fourth-order valence-electron chi connectivity index (χ4n) is 3.65. The van der Waals surface area contributed by atoms with Crippen LogP contribution in [-0.2, 0) is 17.8 Å². The molecule has 0 N–H and O–H groups in total. The number of rotatable bonds is 5. The molecule has 0 radical (unpaired) electrons. The molecule has 0 aromatic carbocycles. The summed E-state index contributed by atoms with van der Waals surface area (Å²) in [5, 5.41) is 3.84. The van der Waals surface area contributed by atoms with Crippen LogP contribution in [-0.4, -0.2) is 43.6 Å². The van der Waals surface area contributed by atoms with Gasteiger partial charge in [-0.1, -0.05) is 11.2 Å². The molecule has 140 valence electrons. The van der Waals surface area contributed by atoms with Crippen LogP contribution in [0.1, 0.15) is 41.6 Å². The van der Waals surface area contributed by atoms with Gasteiger partial charge in [0.2, 0.25) is 5.91 Å². The van der Waals surface area contributed by atoms with Gasteiger partial charge < -0.3 is 14.0 Å². The van der Waals surface area contributed by atoms with Crippen LogP contribution >= 0.6 is 0 Å². The molecule has 1 saturated heterocycles. The third kappa shape index (κ3) is 4.07. The number of piperidine rings is 1. The van der Waals surface area contributed by atoms with Crippen molar-refractivity contribution in [3.63, 3.8) is 0 Å². The number of imidazole rings is 1. The summed E-state index contributed by atoms with van der Waals surface area (Å²) < 4.78 is 7.35. The molecule has 0 bridgehead atoms. The Morgan fingerprint density at radius 3 is 2.85 bits per heavy atom. The second kappa shape index (κ2) is 7.73.